The van der Waals surface area contributed by atoms with Gasteiger partial charge in [0.15, 0.2) is 6.29 Å². The molecule has 2 aromatic rings. The van der Waals surface area contributed by atoms with E-state index in [1.54, 1.807) is 0 Å². The number of carbonyl (C=O) groups is 1. The molecule has 0 spiro atoms. The zero-order valence-corrected chi connectivity index (χ0v) is 11.5. The molecule has 0 fully saturated rings. The van der Waals surface area contributed by atoms with Crippen molar-refractivity contribution in [3.05, 3.63) is 57.0 Å². The molecule has 0 aromatic heterocycles. The van der Waals surface area contributed by atoms with Crippen LogP contribution in [0.1, 0.15) is 10.4 Å². The summed E-state index contributed by atoms with van der Waals surface area (Å²) in [5.41, 5.74) is 2.61. The fourth-order valence-electron chi connectivity index (χ4n) is 1.59. The maximum absolute atomic E-state index is 11.0. The highest BCUT2D eigenvalue weighted by Crippen LogP contribution is 2.35. The second-order valence-electron chi connectivity index (χ2n) is 3.30. The van der Waals surface area contributed by atoms with Gasteiger partial charge in [-0.1, -0.05) is 62.2 Å². The molecule has 1 nitrogen and oxygen atoms in total. The summed E-state index contributed by atoms with van der Waals surface area (Å²) >= 11 is 6.97. The van der Waals surface area contributed by atoms with E-state index < -0.39 is 0 Å². The van der Waals surface area contributed by atoms with Gasteiger partial charge in [0.05, 0.1) is 0 Å². The van der Waals surface area contributed by atoms with Crippen LogP contribution in [0.5, 0.6) is 0 Å². The van der Waals surface area contributed by atoms with Crippen LogP contribution in [0.3, 0.4) is 0 Å². The van der Waals surface area contributed by atoms with Gasteiger partial charge in [-0.05, 0) is 17.7 Å². The second kappa shape index (κ2) is 4.93. The molecular weight excluding hydrogens is 332 g/mol. The molecule has 80 valence electrons. The van der Waals surface area contributed by atoms with Crippen molar-refractivity contribution in [2.45, 2.75) is 0 Å². The summed E-state index contributed by atoms with van der Waals surface area (Å²) in [5.74, 6) is 0. The number of hydrogen-bond donors (Lipinski definition) is 0. The molecule has 0 N–H and O–H groups in total. The molecule has 3 heteroatoms. The average molecular weight is 340 g/mol. The van der Waals surface area contributed by atoms with Crippen LogP contribution in [0.15, 0.2) is 51.4 Å². The molecule has 0 radical (unpaired) electrons. The minimum atomic E-state index is 0.682. The molecule has 2 aromatic carbocycles. The van der Waals surface area contributed by atoms with Crippen LogP contribution in [0.4, 0.5) is 0 Å². The molecule has 0 heterocycles. The predicted octanol–water partition coefficient (Wildman–Crippen LogP) is 4.69. The topological polar surface area (TPSA) is 17.1 Å². The number of aldehydes is 1. The molecule has 0 saturated carbocycles. The van der Waals surface area contributed by atoms with Crippen molar-refractivity contribution >= 4 is 38.1 Å². The second-order valence-corrected chi connectivity index (χ2v) is 5.01. The van der Waals surface area contributed by atoms with Crippen molar-refractivity contribution in [2.75, 3.05) is 0 Å². The first-order valence-electron chi connectivity index (χ1n) is 4.72. The molecule has 0 aliphatic carbocycles. The molecule has 0 bridgehead atoms. The molecular formula is C13H8Br2O. The Bertz CT molecular complexity index is 535. The Balaban J connectivity index is 2.73. The first-order chi connectivity index (χ1) is 7.74. The summed E-state index contributed by atoms with van der Waals surface area (Å²) in [6.07, 6.45) is 0.875. The smallest absolute Gasteiger partial charge is 0.150 e. The lowest BCUT2D eigenvalue weighted by atomic mass is 10.0. The first-order valence-corrected chi connectivity index (χ1v) is 6.31. The van der Waals surface area contributed by atoms with Crippen molar-refractivity contribution in [1.29, 1.82) is 0 Å². The quantitative estimate of drug-likeness (QED) is 0.725. The SMILES string of the molecule is O=Cc1cccc(Br)c1-c1ccccc1Br. The minimum Gasteiger partial charge on any atom is -0.298 e. The van der Waals surface area contributed by atoms with Crippen molar-refractivity contribution < 1.29 is 4.79 Å². The summed E-state index contributed by atoms with van der Waals surface area (Å²) in [7, 11) is 0. The standard InChI is InChI=1S/C13H8Br2O/c14-11-6-2-1-5-10(11)13-9(8-16)4-3-7-12(13)15/h1-8H. The van der Waals surface area contributed by atoms with Gasteiger partial charge in [0.2, 0.25) is 0 Å². The zero-order valence-electron chi connectivity index (χ0n) is 8.28. The predicted molar refractivity (Wildman–Crippen MR) is 72.7 cm³/mol. The normalized spacial score (nSPS) is 10.1. The number of halogens is 2. The van der Waals surface area contributed by atoms with Crippen LogP contribution in [0, 0.1) is 0 Å². The Kier molecular flexibility index (Phi) is 3.56. The van der Waals surface area contributed by atoms with E-state index in [2.05, 4.69) is 31.9 Å². The van der Waals surface area contributed by atoms with Crippen molar-refractivity contribution in [2.24, 2.45) is 0 Å². The van der Waals surface area contributed by atoms with Gasteiger partial charge < -0.3 is 0 Å². The van der Waals surface area contributed by atoms with Crippen molar-refractivity contribution in [3.63, 3.8) is 0 Å². The highest BCUT2D eigenvalue weighted by atomic mass is 79.9. The van der Waals surface area contributed by atoms with Gasteiger partial charge in [0, 0.05) is 20.1 Å². The summed E-state index contributed by atoms with van der Waals surface area (Å²) in [6.45, 7) is 0. The van der Waals surface area contributed by atoms with Crippen LogP contribution in [0.25, 0.3) is 11.1 Å². The van der Waals surface area contributed by atoms with Gasteiger partial charge in [0.1, 0.15) is 0 Å². The van der Waals surface area contributed by atoms with Crippen LogP contribution in [-0.4, -0.2) is 6.29 Å². The molecule has 0 atom stereocenters. The first kappa shape index (κ1) is 11.6. The van der Waals surface area contributed by atoms with Crippen molar-refractivity contribution in [1.82, 2.24) is 0 Å². The van der Waals surface area contributed by atoms with Gasteiger partial charge in [-0.3, -0.25) is 4.79 Å². The van der Waals surface area contributed by atoms with E-state index in [0.717, 1.165) is 26.4 Å². The molecule has 2 rings (SSSR count). The summed E-state index contributed by atoms with van der Waals surface area (Å²) in [6, 6.07) is 13.4. The van der Waals surface area contributed by atoms with E-state index in [4.69, 9.17) is 0 Å². The highest BCUT2D eigenvalue weighted by Gasteiger charge is 2.10. The van der Waals surface area contributed by atoms with E-state index in [9.17, 15) is 4.79 Å². The van der Waals surface area contributed by atoms with E-state index in [1.807, 2.05) is 42.5 Å². The van der Waals surface area contributed by atoms with Crippen LogP contribution in [0.2, 0.25) is 0 Å². The summed E-state index contributed by atoms with van der Waals surface area (Å²) in [4.78, 5) is 11.0. The van der Waals surface area contributed by atoms with Gasteiger partial charge in [-0.15, -0.1) is 0 Å². The third-order valence-electron chi connectivity index (χ3n) is 2.32. The third-order valence-corrected chi connectivity index (χ3v) is 3.67. The molecule has 0 saturated heterocycles. The monoisotopic (exact) mass is 338 g/mol. The van der Waals surface area contributed by atoms with Gasteiger partial charge in [0.25, 0.3) is 0 Å². The van der Waals surface area contributed by atoms with E-state index >= 15 is 0 Å². The number of hydrogen-bond acceptors (Lipinski definition) is 1. The Morgan fingerprint density at radius 2 is 1.56 bits per heavy atom. The molecule has 0 unspecified atom stereocenters. The Labute approximate surface area is 111 Å². The number of carbonyl (C=O) groups excluding carboxylic acids is 1. The van der Waals surface area contributed by atoms with Crippen molar-refractivity contribution in [3.8, 4) is 11.1 Å². The maximum Gasteiger partial charge on any atom is 0.150 e. The lowest BCUT2D eigenvalue weighted by molar-refractivity contribution is 0.112. The number of rotatable bonds is 2. The van der Waals surface area contributed by atoms with Crippen LogP contribution < -0.4 is 0 Å². The van der Waals surface area contributed by atoms with Crippen LogP contribution >= 0.6 is 31.9 Å². The van der Waals surface area contributed by atoms with E-state index in [-0.39, 0.29) is 0 Å². The molecule has 16 heavy (non-hydrogen) atoms. The molecule has 0 amide bonds. The fourth-order valence-corrected chi connectivity index (χ4v) is 2.67. The van der Waals surface area contributed by atoms with Crippen LogP contribution in [-0.2, 0) is 0 Å². The maximum atomic E-state index is 11.0. The Morgan fingerprint density at radius 1 is 0.875 bits per heavy atom. The summed E-state index contributed by atoms with van der Waals surface area (Å²) < 4.78 is 1.90. The van der Waals surface area contributed by atoms with Gasteiger partial charge in [-0.25, -0.2) is 0 Å². The lowest BCUT2D eigenvalue weighted by Gasteiger charge is -2.09. The number of benzene rings is 2. The Hall–Kier alpha value is -0.930. The van der Waals surface area contributed by atoms with E-state index in [1.165, 1.54) is 0 Å². The van der Waals surface area contributed by atoms with E-state index in [0.29, 0.717) is 5.56 Å². The average Bonchev–Trinajstić information content (AvgIpc) is 2.30. The third kappa shape index (κ3) is 2.11. The molecule has 0 aliphatic rings. The largest absolute Gasteiger partial charge is 0.298 e. The lowest BCUT2D eigenvalue weighted by Crippen LogP contribution is -1.89. The fraction of sp³-hybridized carbons (Fsp3) is 0. The van der Waals surface area contributed by atoms with Gasteiger partial charge in [-0.2, -0.15) is 0 Å². The van der Waals surface area contributed by atoms with Gasteiger partial charge >= 0.3 is 0 Å². The minimum absolute atomic E-state index is 0.682. The molecule has 0 aliphatic heterocycles. The zero-order chi connectivity index (χ0) is 11.5. The highest BCUT2D eigenvalue weighted by molar-refractivity contribution is 9.11. The Morgan fingerprint density at radius 3 is 2.25 bits per heavy atom. The summed E-state index contributed by atoms with van der Waals surface area (Å²) in [5, 5.41) is 0.